The van der Waals surface area contributed by atoms with Crippen LogP contribution in [0.15, 0.2) is 24.3 Å². The van der Waals surface area contributed by atoms with Crippen LogP contribution in [0.1, 0.15) is 69.2 Å². The predicted molar refractivity (Wildman–Crippen MR) is 108 cm³/mol. The summed E-state index contributed by atoms with van der Waals surface area (Å²) >= 11 is 0. The Hall–Kier alpha value is -2.90. The number of amides is 2. The zero-order valence-corrected chi connectivity index (χ0v) is 18.0. The highest BCUT2D eigenvalue weighted by Crippen LogP contribution is 2.21. The van der Waals surface area contributed by atoms with Crippen LogP contribution in [0.4, 0.5) is 0 Å². The van der Waals surface area contributed by atoms with Crippen LogP contribution in [0.25, 0.3) is 0 Å². The predicted octanol–water partition coefficient (Wildman–Crippen LogP) is 2.38. The fraction of sp³-hybridized carbons (Fsp3) is 0.524. The van der Waals surface area contributed by atoms with Crippen molar-refractivity contribution in [3.63, 3.8) is 0 Å². The number of hydrogen-bond donors (Lipinski definition) is 3. The Morgan fingerprint density at radius 3 is 1.90 bits per heavy atom. The standard InChI is InChI=1S/C21H30N2O6/c1-12(18(26)27)22-17(25)15(20(2,3)4)23-16(24)13-10-8-9-11-14(13)19(28)29-21(5,6)7/h8-12,15H,1-7H3,(H,22,25)(H,23,24)(H,26,27)/t12-,15+/m0/s1. The highest BCUT2D eigenvalue weighted by atomic mass is 16.6. The molecule has 0 aliphatic heterocycles. The van der Waals surface area contributed by atoms with Gasteiger partial charge in [-0.25, -0.2) is 4.79 Å². The number of nitrogens with one attached hydrogen (secondary N) is 2. The van der Waals surface area contributed by atoms with Crippen molar-refractivity contribution in [1.82, 2.24) is 10.6 Å². The first-order valence-electron chi connectivity index (χ1n) is 9.30. The van der Waals surface area contributed by atoms with Gasteiger partial charge in [-0.2, -0.15) is 0 Å². The van der Waals surface area contributed by atoms with Gasteiger partial charge in [0, 0.05) is 0 Å². The highest BCUT2D eigenvalue weighted by molar-refractivity contribution is 6.06. The van der Waals surface area contributed by atoms with Crippen molar-refractivity contribution in [1.29, 1.82) is 0 Å². The molecule has 0 saturated carbocycles. The summed E-state index contributed by atoms with van der Waals surface area (Å²) in [5.74, 6) is -3.10. The number of ether oxygens (including phenoxy) is 1. The van der Waals surface area contributed by atoms with Gasteiger partial charge in [0.1, 0.15) is 17.7 Å². The van der Waals surface area contributed by atoms with Crippen molar-refractivity contribution in [3.8, 4) is 0 Å². The lowest BCUT2D eigenvalue weighted by Gasteiger charge is -2.31. The van der Waals surface area contributed by atoms with E-state index in [0.29, 0.717) is 0 Å². The molecule has 0 aromatic heterocycles. The number of esters is 1. The molecule has 8 nitrogen and oxygen atoms in total. The molecule has 1 aromatic rings. The summed E-state index contributed by atoms with van der Waals surface area (Å²) in [6.45, 7) is 11.7. The van der Waals surface area contributed by atoms with E-state index in [1.807, 2.05) is 0 Å². The van der Waals surface area contributed by atoms with Gasteiger partial charge in [-0.1, -0.05) is 32.9 Å². The van der Waals surface area contributed by atoms with Gasteiger partial charge in [0.25, 0.3) is 5.91 Å². The number of carbonyl (C=O) groups excluding carboxylic acids is 3. The molecular formula is C21H30N2O6. The zero-order chi connectivity index (χ0) is 22.6. The minimum atomic E-state index is -1.19. The van der Waals surface area contributed by atoms with E-state index in [4.69, 9.17) is 9.84 Å². The second-order valence-corrected chi connectivity index (χ2v) is 8.89. The van der Waals surface area contributed by atoms with Gasteiger partial charge in [0.05, 0.1) is 11.1 Å². The zero-order valence-electron chi connectivity index (χ0n) is 18.0. The molecule has 1 rings (SSSR count). The molecule has 29 heavy (non-hydrogen) atoms. The summed E-state index contributed by atoms with van der Waals surface area (Å²) in [6, 6.07) is 4.01. The molecule has 0 spiro atoms. The average molecular weight is 406 g/mol. The number of carboxylic acids is 1. The van der Waals surface area contributed by atoms with Gasteiger partial charge < -0.3 is 20.5 Å². The fourth-order valence-electron chi connectivity index (χ4n) is 2.43. The van der Waals surface area contributed by atoms with E-state index in [1.54, 1.807) is 53.7 Å². The maximum absolute atomic E-state index is 12.9. The molecule has 0 fully saturated rings. The topological polar surface area (TPSA) is 122 Å². The van der Waals surface area contributed by atoms with Crippen LogP contribution >= 0.6 is 0 Å². The van der Waals surface area contributed by atoms with Crippen LogP contribution in [0.2, 0.25) is 0 Å². The van der Waals surface area contributed by atoms with E-state index in [9.17, 15) is 19.2 Å². The molecule has 8 heteroatoms. The molecule has 0 saturated heterocycles. The van der Waals surface area contributed by atoms with Crippen LogP contribution < -0.4 is 10.6 Å². The van der Waals surface area contributed by atoms with Crippen molar-refractivity contribution in [3.05, 3.63) is 35.4 Å². The van der Waals surface area contributed by atoms with Gasteiger partial charge >= 0.3 is 11.9 Å². The Morgan fingerprint density at radius 1 is 0.931 bits per heavy atom. The van der Waals surface area contributed by atoms with Crippen LogP contribution in [0, 0.1) is 5.41 Å². The largest absolute Gasteiger partial charge is 0.480 e. The molecule has 0 radical (unpaired) electrons. The van der Waals surface area contributed by atoms with Crippen LogP contribution in [0.3, 0.4) is 0 Å². The number of rotatable bonds is 6. The summed E-state index contributed by atoms with van der Waals surface area (Å²) < 4.78 is 5.35. The molecular weight excluding hydrogens is 376 g/mol. The summed E-state index contributed by atoms with van der Waals surface area (Å²) in [6.07, 6.45) is 0. The lowest BCUT2D eigenvalue weighted by atomic mass is 9.85. The number of carbonyl (C=O) groups is 4. The lowest BCUT2D eigenvalue weighted by molar-refractivity contribution is -0.142. The maximum atomic E-state index is 12.9. The Balaban J connectivity index is 3.15. The van der Waals surface area contributed by atoms with E-state index >= 15 is 0 Å². The summed E-state index contributed by atoms with van der Waals surface area (Å²) in [7, 11) is 0. The molecule has 0 heterocycles. The van der Waals surface area contributed by atoms with Crippen LogP contribution in [-0.2, 0) is 14.3 Å². The molecule has 0 aliphatic carbocycles. The monoisotopic (exact) mass is 406 g/mol. The van der Waals surface area contributed by atoms with Crippen molar-refractivity contribution in [2.24, 2.45) is 5.41 Å². The second-order valence-electron chi connectivity index (χ2n) is 8.89. The molecule has 0 aliphatic rings. The Labute approximate surface area is 171 Å². The Bertz CT molecular complexity index is 789. The maximum Gasteiger partial charge on any atom is 0.339 e. The smallest absolute Gasteiger partial charge is 0.339 e. The average Bonchev–Trinajstić information content (AvgIpc) is 2.56. The SMILES string of the molecule is C[C@H](NC(=O)[C@@H](NC(=O)c1ccccc1C(=O)OC(C)(C)C)C(C)(C)C)C(=O)O. The van der Waals surface area contributed by atoms with Crippen molar-refractivity contribution in [2.75, 3.05) is 0 Å². The number of benzene rings is 1. The summed E-state index contributed by atoms with van der Waals surface area (Å²) in [4.78, 5) is 49.0. The van der Waals surface area contributed by atoms with Gasteiger partial charge in [-0.15, -0.1) is 0 Å². The second kappa shape index (κ2) is 9.07. The van der Waals surface area contributed by atoms with Crippen LogP contribution in [-0.4, -0.2) is 46.5 Å². The third kappa shape index (κ3) is 7.21. The molecule has 1 aromatic carbocycles. The third-order valence-electron chi connectivity index (χ3n) is 3.92. The first-order valence-corrected chi connectivity index (χ1v) is 9.30. The Morgan fingerprint density at radius 2 is 1.45 bits per heavy atom. The molecule has 2 atom stereocenters. The van der Waals surface area contributed by atoms with Gasteiger partial charge in [0.15, 0.2) is 0 Å². The van der Waals surface area contributed by atoms with E-state index in [2.05, 4.69) is 10.6 Å². The number of hydrogen-bond acceptors (Lipinski definition) is 5. The van der Waals surface area contributed by atoms with E-state index in [-0.39, 0.29) is 11.1 Å². The van der Waals surface area contributed by atoms with Crippen molar-refractivity contribution < 1.29 is 29.0 Å². The highest BCUT2D eigenvalue weighted by Gasteiger charge is 2.35. The number of carboxylic acid groups (broad SMARTS) is 1. The molecule has 2 amide bonds. The normalized spacial score (nSPS) is 13.8. The van der Waals surface area contributed by atoms with Crippen LogP contribution in [0.5, 0.6) is 0 Å². The first-order chi connectivity index (χ1) is 13.1. The lowest BCUT2D eigenvalue weighted by Crippen LogP contribution is -2.56. The minimum Gasteiger partial charge on any atom is -0.480 e. The van der Waals surface area contributed by atoms with E-state index in [1.165, 1.54) is 19.1 Å². The molecule has 0 unspecified atom stereocenters. The summed E-state index contributed by atoms with van der Waals surface area (Å²) in [5, 5.41) is 14.0. The number of aliphatic carboxylic acids is 1. The fourth-order valence-corrected chi connectivity index (χ4v) is 2.43. The van der Waals surface area contributed by atoms with Crippen molar-refractivity contribution in [2.45, 2.75) is 66.2 Å². The van der Waals surface area contributed by atoms with Crippen molar-refractivity contribution >= 4 is 23.8 Å². The molecule has 3 N–H and O–H groups in total. The minimum absolute atomic E-state index is 0.0649. The van der Waals surface area contributed by atoms with E-state index < -0.39 is 46.9 Å². The molecule has 160 valence electrons. The van der Waals surface area contributed by atoms with Gasteiger partial charge in [-0.3, -0.25) is 14.4 Å². The molecule has 0 bridgehead atoms. The van der Waals surface area contributed by atoms with Gasteiger partial charge in [-0.05, 0) is 45.2 Å². The third-order valence-corrected chi connectivity index (χ3v) is 3.92. The summed E-state index contributed by atoms with van der Waals surface area (Å²) in [5.41, 5.74) is -1.30. The quantitative estimate of drug-likeness (QED) is 0.624. The Kier molecular flexibility index (Phi) is 7.55. The first kappa shape index (κ1) is 24.1. The van der Waals surface area contributed by atoms with Gasteiger partial charge in [0.2, 0.25) is 5.91 Å². The van der Waals surface area contributed by atoms with E-state index in [0.717, 1.165) is 0 Å².